The molecule has 0 radical (unpaired) electrons. The fourth-order valence-corrected chi connectivity index (χ4v) is 5.93. The normalized spacial score (nSPS) is 13.1. The van der Waals surface area contributed by atoms with Gasteiger partial charge >= 0.3 is 5.97 Å². The molecule has 1 N–H and O–H groups in total. The maximum atomic E-state index is 12.9. The molecule has 0 saturated carbocycles. The van der Waals surface area contributed by atoms with Crippen LogP contribution in [0, 0.1) is 0 Å². The highest BCUT2D eigenvalue weighted by atomic mass is 16.5. The molecule has 0 aliphatic carbocycles. The Balaban J connectivity index is 1.60. The lowest BCUT2D eigenvalue weighted by Crippen LogP contribution is -2.34. The summed E-state index contributed by atoms with van der Waals surface area (Å²) < 4.78 is 28.9. The molecule has 5 aromatic rings. The molecule has 7 heteroatoms. The van der Waals surface area contributed by atoms with Gasteiger partial charge in [0.15, 0.2) is 5.60 Å². The molecule has 0 fully saturated rings. The van der Waals surface area contributed by atoms with Crippen LogP contribution in [0.4, 0.5) is 0 Å². The Morgan fingerprint density at radius 1 is 0.756 bits per heavy atom. The standard InChI is InChI=1S/C38H34O7/c1-41-28-16-10-26(11-17-28)38(27-12-18-29(42-2)19-13-27)21-20-33-34(24-35(40)43-3)36(25-8-14-30(15-9-25)44-23-22-39)31-6-4-5-7-32(31)37(33)45-38/h4-21,39H,22-24H2,1-3H3. The van der Waals surface area contributed by atoms with Gasteiger partial charge in [-0.3, -0.25) is 4.79 Å². The zero-order valence-corrected chi connectivity index (χ0v) is 25.4. The van der Waals surface area contributed by atoms with Crippen LogP contribution in [-0.4, -0.2) is 45.6 Å². The summed E-state index contributed by atoms with van der Waals surface area (Å²) in [6.07, 6.45) is 4.15. The van der Waals surface area contributed by atoms with E-state index >= 15 is 0 Å². The first kappa shape index (κ1) is 29.8. The van der Waals surface area contributed by atoms with Crippen molar-refractivity contribution >= 4 is 22.8 Å². The van der Waals surface area contributed by atoms with E-state index in [0.29, 0.717) is 11.5 Å². The minimum Gasteiger partial charge on any atom is -0.497 e. The third-order valence-corrected chi connectivity index (χ3v) is 8.15. The second-order valence-corrected chi connectivity index (χ2v) is 10.6. The first-order chi connectivity index (χ1) is 22.0. The number of hydrogen-bond acceptors (Lipinski definition) is 7. The van der Waals surface area contributed by atoms with Crippen LogP contribution in [0.5, 0.6) is 23.0 Å². The molecular formula is C38H34O7. The van der Waals surface area contributed by atoms with Crippen molar-refractivity contribution in [1.82, 2.24) is 0 Å². The molecule has 45 heavy (non-hydrogen) atoms. The summed E-state index contributed by atoms with van der Waals surface area (Å²) in [5.41, 5.74) is 4.29. The Labute approximate surface area is 262 Å². The average Bonchev–Trinajstić information content (AvgIpc) is 3.11. The molecule has 0 amide bonds. The van der Waals surface area contributed by atoms with Crippen LogP contribution in [0.15, 0.2) is 103 Å². The number of fused-ring (bicyclic) bond motifs is 3. The Kier molecular flexibility index (Phi) is 8.45. The molecule has 0 atom stereocenters. The topological polar surface area (TPSA) is 83.5 Å². The van der Waals surface area contributed by atoms with Crippen LogP contribution in [0.1, 0.15) is 22.3 Å². The first-order valence-electron chi connectivity index (χ1n) is 14.7. The average molecular weight is 603 g/mol. The molecule has 0 spiro atoms. The third-order valence-electron chi connectivity index (χ3n) is 8.15. The van der Waals surface area contributed by atoms with Gasteiger partial charge in [0.2, 0.25) is 0 Å². The van der Waals surface area contributed by atoms with E-state index in [2.05, 4.69) is 6.08 Å². The van der Waals surface area contributed by atoms with Gasteiger partial charge in [-0.05, 0) is 64.6 Å². The molecule has 228 valence electrons. The van der Waals surface area contributed by atoms with Gasteiger partial charge < -0.3 is 28.8 Å². The van der Waals surface area contributed by atoms with E-state index in [0.717, 1.165) is 55.7 Å². The van der Waals surface area contributed by atoms with Crippen molar-refractivity contribution in [2.24, 2.45) is 0 Å². The van der Waals surface area contributed by atoms with Gasteiger partial charge in [-0.25, -0.2) is 0 Å². The number of rotatable bonds is 10. The quantitative estimate of drug-likeness (QED) is 0.173. The van der Waals surface area contributed by atoms with Crippen LogP contribution < -0.4 is 18.9 Å². The number of aliphatic hydroxyl groups excluding tert-OH is 1. The van der Waals surface area contributed by atoms with E-state index in [-0.39, 0.29) is 25.6 Å². The Morgan fingerprint density at radius 2 is 1.33 bits per heavy atom. The van der Waals surface area contributed by atoms with E-state index in [1.54, 1.807) is 14.2 Å². The molecular weight excluding hydrogens is 568 g/mol. The number of methoxy groups -OCH3 is 3. The molecule has 1 heterocycles. The lowest BCUT2D eigenvalue weighted by Gasteiger charge is -2.38. The lowest BCUT2D eigenvalue weighted by atomic mass is 9.80. The van der Waals surface area contributed by atoms with Crippen molar-refractivity contribution in [3.05, 3.63) is 125 Å². The van der Waals surface area contributed by atoms with Gasteiger partial charge in [0.25, 0.3) is 0 Å². The van der Waals surface area contributed by atoms with Crippen LogP contribution in [-0.2, 0) is 21.6 Å². The Morgan fingerprint density at radius 3 is 1.89 bits per heavy atom. The molecule has 7 nitrogen and oxygen atoms in total. The number of hydrogen-bond donors (Lipinski definition) is 1. The monoisotopic (exact) mass is 602 g/mol. The van der Waals surface area contributed by atoms with Crippen LogP contribution in [0.25, 0.3) is 28.0 Å². The first-order valence-corrected chi connectivity index (χ1v) is 14.7. The van der Waals surface area contributed by atoms with Crippen molar-refractivity contribution in [2.45, 2.75) is 12.0 Å². The van der Waals surface area contributed by atoms with Crippen LogP contribution >= 0.6 is 0 Å². The molecule has 0 bridgehead atoms. The van der Waals surface area contributed by atoms with Gasteiger partial charge in [0, 0.05) is 22.1 Å². The van der Waals surface area contributed by atoms with Crippen molar-refractivity contribution in [2.75, 3.05) is 34.5 Å². The van der Waals surface area contributed by atoms with Gasteiger partial charge in [-0.1, -0.05) is 66.7 Å². The molecule has 5 aromatic carbocycles. The zero-order chi connectivity index (χ0) is 31.4. The van der Waals surface area contributed by atoms with E-state index in [1.165, 1.54) is 7.11 Å². The van der Waals surface area contributed by atoms with Crippen LogP contribution in [0.3, 0.4) is 0 Å². The van der Waals surface area contributed by atoms with Crippen molar-refractivity contribution in [1.29, 1.82) is 0 Å². The van der Waals surface area contributed by atoms with Crippen molar-refractivity contribution < 1.29 is 33.6 Å². The van der Waals surface area contributed by atoms with Crippen molar-refractivity contribution in [3.63, 3.8) is 0 Å². The third kappa shape index (κ3) is 5.58. The molecule has 0 saturated heterocycles. The maximum Gasteiger partial charge on any atom is 0.310 e. The number of benzene rings is 5. The highest BCUT2D eigenvalue weighted by Crippen LogP contribution is 2.50. The molecule has 1 aliphatic rings. The van der Waals surface area contributed by atoms with Gasteiger partial charge in [-0.2, -0.15) is 0 Å². The zero-order valence-electron chi connectivity index (χ0n) is 25.4. The maximum absolute atomic E-state index is 12.9. The smallest absolute Gasteiger partial charge is 0.310 e. The second kappa shape index (κ2) is 12.8. The summed E-state index contributed by atoms with van der Waals surface area (Å²) in [4.78, 5) is 12.9. The van der Waals surface area contributed by atoms with Gasteiger partial charge in [-0.15, -0.1) is 0 Å². The molecule has 6 rings (SSSR count). The number of carbonyl (C=O) groups is 1. The number of ether oxygens (including phenoxy) is 5. The SMILES string of the molecule is COC(=O)Cc1c2c(c3ccccc3c1-c1ccc(OCCO)cc1)OC(c1ccc(OC)cc1)(c1ccc(OC)cc1)C=C2. The van der Waals surface area contributed by atoms with Gasteiger partial charge in [0.1, 0.15) is 29.6 Å². The molecule has 0 unspecified atom stereocenters. The molecule has 0 aromatic heterocycles. The molecule has 1 aliphatic heterocycles. The predicted molar refractivity (Wildman–Crippen MR) is 174 cm³/mol. The highest BCUT2D eigenvalue weighted by Gasteiger charge is 2.39. The summed E-state index contributed by atoms with van der Waals surface area (Å²) in [7, 11) is 4.68. The lowest BCUT2D eigenvalue weighted by molar-refractivity contribution is -0.139. The van der Waals surface area contributed by atoms with Crippen molar-refractivity contribution in [3.8, 4) is 34.1 Å². The summed E-state index contributed by atoms with van der Waals surface area (Å²) in [6, 6.07) is 31.4. The Hall–Kier alpha value is -5.27. The number of esters is 1. The largest absolute Gasteiger partial charge is 0.497 e. The highest BCUT2D eigenvalue weighted by molar-refractivity contribution is 6.06. The van der Waals surface area contributed by atoms with Crippen LogP contribution in [0.2, 0.25) is 0 Å². The predicted octanol–water partition coefficient (Wildman–Crippen LogP) is 6.96. The Bertz CT molecular complexity index is 1790. The van der Waals surface area contributed by atoms with Gasteiger partial charge in [0.05, 0.1) is 34.4 Å². The van der Waals surface area contributed by atoms with E-state index in [9.17, 15) is 4.79 Å². The van der Waals surface area contributed by atoms with E-state index in [1.807, 2.05) is 103 Å². The number of carbonyl (C=O) groups excluding carboxylic acids is 1. The fraction of sp³-hybridized carbons (Fsp3) is 0.184. The van der Waals surface area contributed by atoms with E-state index in [4.69, 9.17) is 28.8 Å². The minimum absolute atomic E-state index is 0.0491. The summed E-state index contributed by atoms with van der Waals surface area (Å²) in [5, 5.41) is 11.0. The second-order valence-electron chi connectivity index (χ2n) is 10.6. The summed E-state index contributed by atoms with van der Waals surface area (Å²) in [6.45, 7) is 0.141. The summed E-state index contributed by atoms with van der Waals surface area (Å²) in [5.74, 6) is 2.45. The van der Waals surface area contributed by atoms with E-state index < -0.39 is 5.60 Å². The minimum atomic E-state index is -0.982. The number of aliphatic hydroxyl groups is 1. The summed E-state index contributed by atoms with van der Waals surface area (Å²) >= 11 is 0. The fourth-order valence-electron chi connectivity index (χ4n) is 5.93.